The number of aromatic nitrogens is 1. The number of sulfonamides is 1. The van der Waals surface area contributed by atoms with Gasteiger partial charge in [-0.05, 0) is 62.3 Å². The minimum atomic E-state index is -4.56. The summed E-state index contributed by atoms with van der Waals surface area (Å²) in [5.74, 6) is -0.118. The molecule has 0 unspecified atom stereocenters. The third-order valence-corrected chi connectivity index (χ3v) is 7.69. The summed E-state index contributed by atoms with van der Waals surface area (Å²) >= 11 is 0. The van der Waals surface area contributed by atoms with Crippen molar-refractivity contribution in [1.82, 2.24) is 20.5 Å². The Balaban J connectivity index is 1.36. The van der Waals surface area contributed by atoms with Gasteiger partial charge in [0, 0.05) is 25.0 Å². The number of hydrogen-bond acceptors (Lipinski definition) is 6. The van der Waals surface area contributed by atoms with Gasteiger partial charge < -0.3 is 15.5 Å². The Morgan fingerprint density at radius 3 is 2.42 bits per heavy atom. The molecule has 3 aromatic rings. The van der Waals surface area contributed by atoms with E-state index in [9.17, 15) is 26.4 Å². The van der Waals surface area contributed by atoms with E-state index in [0.29, 0.717) is 23.1 Å². The van der Waals surface area contributed by atoms with Gasteiger partial charge >= 0.3 is 6.18 Å². The van der Waals surface area contributed by atoms with E-state index in [1.807, 2.05) is 0 Å². The maximum absolute atomic E-state index is 12.8. The molecular weight excluding hydrogens is 519 g/mol. The smallest absolute Gasteiger partial charge is 0.354 e. The van der Waals surface area contributed by atoms with Gasteiger partial charge in [0.05, 0.1) is 33.9 Å². The number of pyridine rings is 1. The van der Waals surface area contributed by atoms with E-state index in [2.05, 4.69) is 25.2 Å². The van der Waals surface area contributed by atoms with Crippen molar-refractivity contribution in [3.63, 3.8) is 0 Å². The van der Waals surface area contributed by atoms with Crippen molar-refractivity contribution in [3.8, 4) is 0 Å². The van der Waals surface area contributed by atoms with E-state index < -0.39 is 21.8 Å². The Hall–Kier alpha value is -3.22. The van der Waals surface area contributed by atoms with Crippen LogP contribution in [0.5, 0.6) is 0 Å². The fraction of sp³-hybridized carbons (Fsp3) is 0.385. The molecule has 0 aliphatic carbocycles. The van der Waals surface area contributed by atoms with E-state index in [-0.39, 0.29) is 29.6 Å². The molecule has 4 rings (SSSR count). The Kier molecular flexibility index (Phi) is 8.85. The van der Waals surface area contributed by atoms with Crippen molar-refractivity contribution in [2.45, 2.75) is 36.9 Å². The van der Waals surface area contributed by atoms with Gasteiger partial charge in [0.15, 0.2) is 0 Å². The summed E-state index contributed by atoms with van der Waals surface area (Å²) in [5.41, 5.74) is 0.240. The number of carbonyl (C=O) groups excluding carboxylic acids is 1. The molecule has 3 N–H and O–H groups in total. The van der Waals surface area contributed by atoms with Crippen LogP contribution < -0.4 is 15.4 Å². The van der Waals surface area contributed by atoms with Crippen LogP contribution in [0.2, 0.25) is 0 Å². The third kappa shape index (κ3) is 7.42. The molecule has 8 nitrogen and oxygen atoms in total. The molecule has 1 amide bonds. The van der Waals surface area contributed by atoms with Gasteiger partial charge in [0.2, 0.25) is 5.91 Å². The summed E-state index contributed by atoms with van der Waals surface area (Å²) in [5, 5.41) is 6.63. The lowest BCUT2D eigenvalue weighted by atomic mass is 10.1. The predicted octanol–water partition coefficient (Wildman–Crippen LogP) is 3.75. The number of nitrogens with zero attached hydrogens (tertiary/aromatic N) is 2. The van der Waals surface area contributed by atoms with Crippen molar-refractivity contribution >= 4 is 32.5 Å². The molecular formula is C26H30F3N5O3S. The van der Waals surface area contributed by atoms with Crippen LogP contribution in [-0.4, -0.2) is 56.9 Å². The molecule has 0 bridgehead atoms. The van der Waals surface area contributed by atoms with Gasteiger partial charge in [-0.2, -0.15) is 13.2 Å². The molecule has 1 aliphatic rings. The average molecular weight is 550 g/mol. The molecule has 0 spiro atoms. The molecule has 38 heavy (non-hydrogen) atoms. The van der Waals surface area contributed by atoms with E-state index >= 15 is 0 Å². The minimum absolute atomic E-state index is 0.113. The summed E-state index contributed by atoms with van der Waals surface area (Å²) in [7, 11) is -4.15. The number of nitrogens with one attached hydrogen (secondary N) is 3. The third-order valence-electron chi connectivity index (χ3n) is 6.30. The van der Waals surface area contributed by atoms with Gasteiger partial charge in [-0.25, -0.2) is 13.4 Å². The summed E-state index contributed by atoms with van der Waals surface area (Å²) in [6.45, 7) is 3.98. The van der Waals surface area contributed by atoms with Gasteiger partial charge in [-0.1, -0.05) is 24.6 Å². The molecule has 204 valence electrons. The predicted molar refractivity (Wildman–Crippen MR) is 139 cm³/mol. The Bertz CT molecular complexity index is 1360. The summed E-state index contributed by atoms with van der Waals surface area (Å²) in [6, 6.07) is 11.8. The van der Waals surface area contributed by atoms with E-state index in [4.69, 9.17) is 0 Å². The van der Waals surface area contributed by atoms with Crippen LogP contribution in [0.15, 0.2) is 59.5 Å². The van der Waals surface area contributed by atoms with Crippen molar-refractivity contribution in [3.05, 3.63) is 65.9 Å². The number of carbonyl (C=O) groups is 1. The van der Waals surface area contributed by atoms with Gasteiger partial charge in [-0.15, -0.1) is 0 Å². The number of hydrogen-bond donors (Lipinski definition) is 3. The van der Waals surface area contributed by atoms with Crippen LogP contribution in [0.25, 0.3) is 10.9 Å². The van der Waals surface area contributed by atoms with Crippen LogP contribution in [0.1, 0.15) is 30.5 Å². The van der Waals surface area contributed by atoms with Gasteiger partial charge in [0.25, 0.3) is 10.0 Å². The highest BCUT2D eigenvalue weighted by Crippen LogP contribution is 2.30. The quantitative estimate of drug-likeness (QED) is 0.356. The lowest BCUT2D eigenvalue weighted by molar-refractivity contribution is -0.137. The monoisotopic (exact) mass is 549 g/mol. The lowest BCUT2D eigenvalue weighted by Gasteiger charge is -2.26. The fourth-order valence-corrected chi connectivity index (χ4v) is 5.36. The summed E-state index contributed by atoms with van der Waals surface area (Å²) in [6.07, 6.45) is -0.894. The molecule has 1 saturated heterocycles. The van der Waals surface area contributed by atoms with Gasteiger partial charge in [-0.3, -0.25) is 9.52 Å². The second-order valence-electron chi connectivity index (χ2n) is 9.16. The van der Waals surface area contributed by atoms with E-state index in [1.54, 1.807) is 24.3 Å². The molecule has 1 aromatic heterocycles. The average Bonchev–Trinajstić information content (AvgIpc) is 2.89. The van der Waals surface area contributed by atoms with Crippen LogP contribution in [-0.2, 0) is 27.5 Å². The topological polar surface area (TPSA) is 103 Å². The SMILES string of the molecule is O=C(CNCc1ccc2cccc(NS(=O)(=O)c3ccc(C(F)(F)F)cc3)c2n1)NCCN1CCCCC1. The number of rotatable bonds is 10. The van der Waals surface area contributed by atoms with Crippen molar-refractivity contribution in [2.24, 2.45) is 0 Å². The van der Waals surface area contributed by atoms with Crippen molar-refractivity contribution in [2.75, 3.05) is 37.4 Å². The first kappa shape index (κ1) is 27.8. The molecule has 0 atom stereocenters. The van der Waals surface area contributed by atoms with Crippen LogP contribution >= 0.6 is 0 Å². The van der Waals surface area contributed by atoms with E-state index in [0.717, 1.165) is 43.9 Å². The van der Waals surface area contributed by atoms with E-state index in [1.165, 1.54) is 25.3 Å². The first-order valence-electron chi connectivity index (χ1n) is 12.4. The number of anilines is 1. The number of piperidine rings is 1. The highest BCUT2D eigenvalue weighted by Gasteiger charge is 2.30. The van der Waals surface area contributed by atoms with Gasteiger partial charge in [0.1, 0.15) is 0 Å². The minimum Gasteiger partial charge on any atom is -0.354 e. The van der Waals surface area contributed by atoms with Crippen LogP contribution in [0.4, 0.5) is 18.9 Å². The normalized spacial score (nSPS) is 14.9. The number of alkyl halides is 3. The second-order valence-corrected chi connectivity index (χ2v) is 10.8. The number of benzene rings is 2. The molecule has 0 saturated carbocycles. The first-order chi connectivity index (χ1) is 18.1. The molecule has 1 aliphatic heterocycles. The Labute approximate surface area is 219 Å². The summed E-state index contributed by atoms with van der Waals surface area (Å²) in [4.78, 5) is 18.7. The number of para-hydroxylation sites is 1. The van der Waals surface area contributed by atoms with Crippen LogP contribution in [0, 0.1) is 0 Å². The fourth-order valence-electron chi connectivity index (χ4n) is 4.30. The number of likely N-dealkylation sites (tertiary alicyclic amines) is 1. The summed E-state index contributed by atoms with van der Waals surface area (Å²) < 4.78 is 66.6. The number of halogens is 3. The molecule has 2 heterocycles. The second kappa shape index (κ2) is 12.1. The number of fused-ring (bicyclic) bond motifs is 1. The Morgan fingerprint density at radius 1 is 0.974 bits per heavy atom. The van der Waals surface area contributed by atoms with Crippen molar-refractivity contribution in [1.29, 1.82) is 0 Å². The molecule has 12 heteroatoms. The highest BCUT2D eigenvalue weighted by molar-refractivity contribution is 7.92. The largest absolute Gasteiger partial charge is 0.416 e. The first-order valence-corrected chi connectivity index (χ1v) is 13.9. The zero-order valence-electron chi connectivity index (χ0n) is 20.7. The van der Waals surface area contributed by atoms with Crippen molar-refractivity contribution < 1.29 is 26.4 Å². The Morgan fingerprint density at radius 2 is 1.71 bits per heavy atom. The molecule has 1 fully saturated rings. The molecule has 2 aromatic carbocycles. The maximum atomic E-state index is 12.8. The maximum Gasteiger partial charge on any atom is 0.416 e. The lowest BCUT2D eigenvalue weighted by Crippen LogP contribution is -2.40. The highest BCUT2D eigenvalue weighted by atomic mass is 32.2. The molecule has 0 radical (unpaired) electrons. The zero-order chi connectivity index (χ0) is 27.2. The zero-order valence-corrected chi connectivity index (χ0v) is 21.5. The number of amides is 1. The standard InChI is InChI=1S/C26H30F3N5O3S/c27-26(28,29)20-8-11-22(12-9-20)38(36,37)33-23-6-4-5-19-7-10-21(32-25(19)23)17-30-18-24(35)31-13-16-34-14-2-1-3-15-34/h4-12,30,33H,1-3,13-18H2,(H,31,35). The van der Waals surface area contributed by atoms with Crippen LogP contribution in [0.3, 0.4) is 0 Å².